The lowest BCUT2D eigenvalue weighted by Crippen LogP contribution is -2.14. The van der Waals surface area contributed by atoms with Crippen molar-refractivity contribution < 1.29 is 13.2 Å². The van der Waals surface area contributed by atoms with Crippen molar-refractivity contribution in [1.82, 2.24) is 4.98 Å². The van der Waals surface area contributed by atoms with Gasteiger partial charge in [0.1, 0.15) is 0 Å². The van der Waals surface area contributed by atoms with Crippen LogP contribution in [0.4, 0.5) is 5.69 Å². The summed E-state index contributed by atoms with van der Waals surface area (Å²) in [6.45, 7) is 0. The van der Waals surface area contributed by atoms with Crippen molar-refractivity contribution in [3.05, 3.63) is 88.9 Å². The Labute approximate surface area is 181 Å². The maximum absolute atomic E-state index is 13.1. The summed E-state index contributed by atoms with van der Waals surface area (Å²) in [7, 11) is -3.80. The zero-order chi connectivity index (χ0) is 21.3. The van der Waals surface area contributed by atoms with E-state index in [4.69, 9.17) is 10.1 Å². The molecule has 0 saturated carbocycles. The molecule has 1 aromatic heterocycles. The molecule has 0 unspecified atom stereocenters. The van der Waals surface area contributed by atoms with Crippen molar-refractivity contribution in [3.63, 3.8) is 0 Å². The number of primary sulfonamides is 1. The fraction of sp³-hybridized carbons (Fsp3) is 0. The van der Waals surface area contributed by atoms with Crippen molar-refractivity contribution in [2.45, 2.75) is 4.90 Å². The van der Waals surface area contributed by atoms with E-state index in [1.165, 1.54) is 24.3 Å². The Morgan fingerprint density at radius 1 is 0.933 bits per heavy atom. The summed E-state index contributed by atoms with van der Waals surface area (Å²) in [5.41, 5.74) is 3.17. The number of halogens is 1. The summed E-state index contributed by atoms with van der Waals surface area (Å²) < 4.78 is 23.7. The number of pyridine rings is 1. The van der Waals surface area contributed by atoms with Crippen LogP contribution in [0.5, 0.6) is 0 Å². The summed E-state index contributed by atoms with van der Waals surface area (Å²) in [4.78, 5) is 17.8. The normalized spacial score (nSPS) is 11.4. The first kappa shape index (κ1) is 20.2. The largest absolute Gasteiger partial charge is 0.322 e. The summed E-state index contributed by atoms with van der Waals surface area (Å²) in [5.74, 6) is -0.332. The van der Waals surface area contributed by atoms with Crippen LogP contribution in [0.3, 0.4) is 0 Å². The number of aromatic nitrogens is 1. The van der Waals surface area contributed by atoms with Gasteiger partial charge in [-0.15, -0.1) is 0 Å². The minimum atomic E-state index is -3.80. The Bertz CT molecular complexity index is 1360. The Morgan fingerprint density at radius 2 is 1.63 bits per heavy atom. The van der Waals surface area contributed by atoms with Crippen LogP contribution >= 0.6 is 15.9 Å². The number of hydrogen-bond acceptors (Lipinski definition) is 4. The van der Waals surface area contributed by atoms with Gasteiger partial charge in [-0.3, -0.25) is 4.79 Å². The van der Waals surface area contributed by atoms with Gasteiger partial charge >= 0.3 is 0 Å². The number of nitrogens with two attached hydrogens (primary N) is 1. The number of hydrogen-bond donors (Lipinski definition) is 2. The number of nitrogens with one attached hydrogen (secondary N) is 1. The van der Waals surface area contributed by atoms with E-state index in [-0.39, 0.29) is 10.8 Å². The lowest BCUT2D eigenvalue weighted by Gasteiger charge is -2.11. The Morgan fingerprint density at radius 3 is 2.30 bits per heavy atom. The molecule has 0 bridgehead atoms. The molecule has 0 radical (unpaired) electrons. The molecule has 150 valence electrons. The van der Waals surface area contributed by atoms with Gasteiger partial charge in [-0.05, 0) is 48.5 Å². The monoisotopic (exact) mass is 481 g/mol. The van der Waals surface area contributed by atoms with E-state index in [9.17, 15) is 13.2 Å². The minimum absolute atomic E-state index is 0.0230. The number of carbonyl (C=O) groups excluding carboxylic acids is 1. The molecule has 0 saturated heterocycles. The van der Waals surface area contributed by atoms with E-state index in [1.54, 1.807) is 6.07 Å². The second-order valence-corrected chi connectivity index (χ2v) is 9.08. The molecule has 4 aromatic rings. The quantitative estimate of drug-likeness (QED) is 0.445. The Hall–Kier alpha value is -3.07. The van der Waals surface area contributed by atoms with Crippen molar-refractivity contribution >= 4 is 48.5 Å². The molecule has 4 rings (SSSR count). The van der Waals surface area contributed by atoms with Crippen LogP contribution in [0.1, 0.15) is 10.4 Å². The number of benzene rings is 3. The highest BCUT2D eigenvalue weighted by atomic mass is 79.9. The van der Waals surface area contributed by atoms with Gasteiger partial charge in [-0.25, -0.2) is 18.5 Å². The zero-order valence-corrected chi connectivity index (χ0v) is 17.9. The van der Waals surface area contributed by atoms with E-state index in [2.05, 4.69) is 21.2 Å². The highest BCUT2D eigenvalue weighted by molar-refractivity contribution is 9.10. The first-order chi connectivity index (χ1) is 14.3. The second-order valence-electron chi connectivity index (χ2n) is 6.61. The van der Waals surface area contributed by atoms with Gasteiger partial charge in [0.05, 0.1) is 21.7 Å². The molecule has 0 atom stereocenters. The Balaban J connectivity index is 1.76. The number of nitrogens with zero attached hydrogens (tertiary/aromatic N) is 1. The van der Waals surface area contributed by atoms with E-state index in [0.717, 1.165) is 10.0 Å². The molecular formula is C22H16BrN3O3S. The zero-order valence-electron chi connectivity index (χ0n) is 15.5. The topological polar surface area (TPSA) is 102 Å². The summed E-state index contributed by atoms with van der Waals surface area (Å²) in [6.07, 6.45) is 0. The molecule has 0 aliphatic heterocycles. The number of carbonyl (C=O) groups is 1. The molecule has 3 aromatic carbocycles. The molecule has 0 fully saturated rings. The van der Waals surface area contributed by atoms with Crippen LogP contribution in [0, 0.1) is 0 Å². The maximum atomic E-state index is 13.1. The summed E-state index contributed by atoms with van der Waals surface area (Å²) >= 11 is 3.44. The first-order valence-corrected chi connectivity index (χ1v) is 11.3. The summed E-state index contributed by atoms with van der Waals surface area (Å²) in [6, 6.07) is 22.6. The molecule has 6 nitrogen and oxygen atoms in total. The van der Waals surface area contributed by atoms with Gasteiger partial charge in [-0.2, -0.15) is 0 Å². The first-order valence-electron chi connectivity index (χ1n) is 8.91. The highest BCUT2D eigenvalue weighted by Gasteiger charge is 2.15. The molecular weight excluding hydrogens is 466 g/mol. The number of rotatable bonds is 4. The van der Waals surface area contributed by atoms with Gasteiger partial charge in [0.25, 0.3) is 5.91 Å². The van der Waals surface area contributed by atoms with E-state index < -0.39 is 10.0 Å². The van der Waals surface area contributed by atoms with E-state index in [0.29, 0.717) is 27.8 Å². The van der Waals surface area contributed by atoms with E-state index >= 15 is 0 Å². The van der Waals surface area contributed by atoms with Crippen LogP contribution < -0.4 is 10.5 Å². The van der Waals surface area contributed by atoms with Crippen LogP contribution in [-0.4, -0.2) is 19.3 Å². The molecule has 1 heterocycles. The minimum Gasteiger partial charge on any atom is -0.322 e. The van der Waals surface area contributed by atoms with Crippen molar-refractivity contribution in [2.24, 2.45) is 5.14 Å². The number of amides is 1. The third kappa shape index (κ3) is 4.25. The van der Waals surface area contributed by atoms with Crippen LogP contribution in [0.2, 0.25) is 0 Å². The fourth-order valence-corrected chi connectivity index (χ4v) is 3.95. The SMILES string of the molecule is NS(=O)(=O)c1ccc(NC(=O)c2cc(-c3ccccc3)nc3ccc(Br)cc23)cc1. The lowest BCUT2D eigenvalue weighted by atomic mass is 10.0. The lowest BCUT2D eigenvalue weighted by molar-refractivity contribution is 0.102. The standard InChI is InChI=1S/C22H16BrN3O3S/c23-15-6-11-20-18(12-15)19(13-21(26-20)14-4-2-1-3-5-14)22(27)25-16-7-9-17(10-8-16)30(24,28)29/h1-13H,(H,25,27)(H2,24,28,29). The predicted molar refractivity (Wildman–Crippen MR) is 121 cm³/mol. The number of anilines is 1. The average molecular weight is 482 g/mol. The fourth-order valence-electron chi connectivity index (χ4n) is 3.07. The molecule has 0 spiro atoms. The molecule has 0 aliphatic rings. The molecule has 1 amide bonds. The van der Waals surface area contributed by atoms with E-state index in [1.807, 2.05) is 48.5 Å². The second kappa shape index (κ2) is 7.98. The van der Waals surface area contributed by atoms with Crippen LogP contribution in [0.25, 0.3) is 22.2 Å². The molecule has 3 N–H and O–H groups in total. The molecule has 8 heteroatoms. The van der Waals surface area contributed by atoms with Gasteiger partial charge in [0.2, 0.25) is 10.0 Å². The number of fused-ring (bicyclic) bond motifs is 1. The van der Waals surface area contributed by atoms with Gasteiger partial charge < -0.3 is 5.32 Å². The van der Waals surface area contributed by atoms with Crippen molar-refractivity contribution in [3.8, 4) is 11.3 Å². The van der Waals surface area contributed by atoms with Crippen molar-refractivity contribution in [1.29, 1.82) is 0 Å². The predicted octanol–water partition coefficient (Wildman–Crippen LogP) is 4.56. The third-order valence-electron chi connectivity index (χ3n) is 4.53. The smallest absolute Gasteiger partial charge is 0.256 e. The van der Waals surface area contributed by atoms with Crippen LogP contribution in [0.15, 0.2) is 88.2 Å². The molecule has 0 aliphatic carbocycles. The third-order valence-corrected chi connectivity index (χ3v) is 5.95. The average Bonchev–Trinajstić information content (AvgIpc) is 2.73. The highest BCUT2D eigenvalue weighted by Crippen LogP contribution is 2.28. The van der Waals surface area contributed by atoms with Gasteiger partial charge in [0, 0.05) is 21.1 Å². The Kier molecular flexibility index (Phi) is 5.38. The van der Waals surface area contributed by atoms with Gasteiger partial charge in [-0.1, -0.05) is 46.3 Å². The van der Waals surface area contributed by atoms with Crippen molar-refractivity contribution in [2.75, 3.05) is 5.32 Å². The van der Waals surface area contributed by atoms with Gasteiger partial charge in [0.15, 0.2) is 0 Å². The molecule has 30 heavy (non-hydrogen) atoms. The maximum Gasteiger partial charge on any atom is 0.256 e. The summed E-state index contributed by atoms with van der Waals surface area (Å²) in [5, 5.41) is 8.63. The number of sulfonamides is 1. The van der Waals surface area contributed by atoms with Crippen LogP contribution in [-0.2, 0) is 10.0 Å².